The topological polar surface area (TPSA) is 97.5 Å². The maximum Gasteiger partial charge on any atom is 0.350 e. The number of hydrogen-bond acceptors (Lipinski definition) is 4. The summed E-state index contributed by atoms with van der Waals surface area (Å²) in [4.78, 5) is 37.3. The molecular formula is C22H27N5O3. The van der Waals surface area contributed by atoms with E-state index in [1.54, 1.807) is 30.5 Å². The van der Waals surface area contributed by atoms with Crippen LogP contribution in [0.15, 0.2) is 53.5 Å². The highest BCUT2D eigenvalue weighted by atomic mass is 16.2. The molecule has 0 saturated carbocycles. The first-order valence-electron chi connectivity index (χ1n) is 10.1. The first-order chi connectivity index (χ1) is 14.4. The van der Waals surface area contributed by atoms with Crippen LogP contribution in [0.3, 0.4) is 0 Å². The van der Waals surface area contributed by atoms with Gasteiger partial charge in [-0.2, -0.15) is 0 Å². The summed E-state index contributed by atoms with van der Waals surface area (Å²) in [6.45, 7) is 6.49. The molecule has 0 aliphatic rings. The fraction of sp³-hybridized carbons (Fsp3) is 0.364. The Morgan fingerprint density at radius 3 is 2.50 bits per heavy atom. The van der Waals surface area contributed by atoms with Gasteiger partial charge in [-0.3, -0.25) is 14.0 Å². The predicted octanol–water partition coefficient (Wildman–Crippen LogP) is 1.77. The summed E-state index contributed by atoms with van der Waals surface area (Å²) in [5, 5.41) is 9.93. The molecule has 30 heavy (non-hydrogen) atoms. The average Bonchev–Trinajstić information content (AvgIpc) is 3.05. The second-order valence-corrected chi connectivity index (χ2v) is 7.64. The van der Waals surface area contributed by atoms with Crippen molar-refractivity contribution in [2.75, 3.05) is 6.54 Å². The van der Waals surface area contributed by atoms with Gasteiger partial charge in [0.15, 0.2) is 5.65 Å². The Kier molecular flexibility index (Phi) is 6.66. The van der Waals surface area contributed by atoms with Crippen molar-refractivity contribution in [1.82, 2.24) is 24.8 Å². The molecule has 0 fully saturated rings. The number of pyridine rings is 1. The van der Waals surface area contributed by atoms with Gasteiger partial charge in [-0.25, -0.2) is 9.48 Å². The number of fused-ring (bicyclic) bond motifs is 1. The number of aromatic nitrogens is 3. The Balaban J connectivity index is 1.53. The van der Waals surface area contributed by atoms with E-state index in [1.165, 1.54) is 9.08 Å². The first-order valence-corrected chi connectivity index (χ1v) is 10.1. The standard InChI is InChI=1S/C22H27N5O3/c1-15(2)19(24-20(28)17-10-8-16(3)9-11-17)21(29)23-12-6-14-27-22(30)26-13-5-4-7-18(26)25-27/h4-5,7-11,13,15,19H,6,12,14H2,1-3H3,(H,23,29)(H,24,28). The van der Waals surface area contributed by atoms with Gasteiger partial charge in [-0.05, 0) is 43.5 Å². The van der Waals surface area contributed by atoms with Crippen LogP contribution < -0.4 is 16.3 Å². The molecule has 158 valence electrons. The molecule has 2 aromatic heterocycles. The summed E-state index contributed by atoms with van der Waals surface area (Å²) >= 11 is 0. The summed E-state index contributed by atoms with van der Waals surface area (Å²) in [6, 6.07) is 11.9. The van der Waals surface area contributed by atoms with Gasteiger partial charge in [0.25, 0.3) is 5.91 Å². The lowest BCUT2D eigenvalue weighted by Crippen LogP contribution is -2.50. The van der Waals surface area contributed by atoms with E-state index in [4.69, 9.17) is 0 Å². The molecule has 1 aromatic carbocycles. The maximum atomic E-state index is 12.6. The molecule has 0 radical (unpaired) electrons. The zero-order valence-electron chi connectivity index (χ0n) is 17.5. The van der Waals surface area contributed by atoms with Crippen molar-refractivity contribution < 1.29 is 9.59 Å². The van der Waals surface area contributed by atoms with E-state index < -0.39 is 6.04 Å². The molecule has 2 heterocycles. The third-order valence-electron chi connectivity index (χ3n) is 4.88. The summed E-state index contributed by atoms with van der Waals surface area (Å²) in [6.07, 6.45) is 2.22. The Hall–Kier alpha value is -3.42. The normalized spacial score (nSPS) is 12.1. The molecule has 0 bridgehead atoms. The van der Waals surface area contributed by atoms with E-state index in [9.17, 15) is 14.4 Å². The quantitative estimate of drug-likeness (QED) is 0.554. The first kappa shape index (κ1) is 21.3. The lowest BCUT2D eigenvalue weighted by Gasteiger charge is -2.21. The Morgan fingerprint density at radius 1 is 1.10 bits per heavy atom. The van der Waals surface area contributed by atoms with Crippen LogP contribution >= 0.6 is 0 Å². The van der Waals surface area contributed by atoms with Crippen molar-refractivity contribution in [3.05, 3.63) is 70.3 Å². The zero-order valence-corrected chi connectivity index (χ0v) is 17.5. The number of carbonyl (C=O) groups is 2. The molecule has 0 saturated heterocycles. The number of amides is 2. The van der Waals surface area contributed by atoms with Gasteiger partial charge in [-0.1, -0.05) is 37.6 Å². The summed E-state index contributed by atoms with van der Waals surface area (Å²) in [5.41, 5.74) is 1.97. The largest absolute Gasteiger partial charge is 0.354 e. The predicted molar refractivity (Wildman–Crippen MR) is 114 cm³/mol. The Labute approximate surface area is 174 Å². The molecule has 0 spiro atoms. The molecule has 1 atom stereocenters. The minimum atomic E-state index is -0.642. The number of rotatable bonds is 8. The number of nitrogens with zero attached hydrogens (tertiary/aromatic N) is 3. The second-order valence-electron chi connectivity index (χ2n) is 7.64. The van der Waals surface area contributed by atoms with Crippen LogP contribution in [-0.2, 0) is 11.3 Å². The molecule has 8 heteroatoms. The van der Waals surface area contributed by atoms with E-state index in [-0.39, 0.29) is 23.4 Å². The average molecular weight is 409 g/mol. The maximum absolute atomic E-state index is 12.6. The van der Waals surface area contributed by atoms with Crippen LogP contribution in [0, 0.1) is 12.8 Å². The molecule has 3 rings (SSSR count). The zero-order chi connectivity index (χ0) is 21.7. The van der Waals surface area contributed by atoms with E-state index in [2.05, 4.69) is 15.7 Å². The number of benzene rings is 1. The molecular weight excluding hydrogens is 382 g/mol. The van der Waals surface area contributed by atoms with Gasteiger partial charge >= 0.3 is 5.69 Å². The summed E-state index contributed by atoms with van der Waals surface area (Å²) in [7, 11) is 0. The number of aryl methyl sites for hydroxylation is 2. The fourth-order valence-electron chi connectivity index (χ4n) is 3.13. The van der Waals surface area contributed by atoms with Gasteiger partial charge < -0.3 is 10.6 Å². The molecule has 2 amide bonds. The van der Waals surface area contributed by atoms with Crippen LogP contribution in [0.2, 0.25) is 0 Å². The molecule has 1 unspecified atom stereocenters. The van der Waals surface area contributed by atoms with Gasteiger partial charge in [0, 0.05) is 24.8 Å². The van der Waals surface area contributed by atoms with E-state index in [0.717, 1.165) is 5.56 Å². The van der Waals surface area contributed by atoms with Crippen LogP contribution in [0.5, 0.6) is 0 Å². The van der Waals surface area contributed by atoms with Crippen molar-refractivity contribution >= 4 is 17.5 Å². The Morgan fingerprint density at radius 2 is 1.83 bits per heavy atom. The summed E-state index contributed by atoms with van der Waals surface area (Å²) in [5.74, 6) is -0.589. The lowest BCUT2D eigenvalue weighted by atomic mass is 10.0. The number of nitrogens with one attached hydrogen (secondary N) is 2. The van der Waals surface area contributed by atoms with Crippen molar-refractivity contribution in [2.45, 2.75) is 39.8 Å². The van der Waals surface area contributed by atoms with Gasteiger partial charge in [-0.15, -0.1) is 5.10 Å². The second kappa shape index (κ2) is 9.39. The third kappa shape index (κ3) is 4.94. The molecule has 2 N–H and O–H groups in total. The monoisotopic (exact) mass is 409 g/mol. The van der Waals surface area contributed by atoms with Gasteiger partial charge in [0.2, 0.25) is 5.91 Å². The lowest BCUT2D eigenvalue weighted by molar-refractivity contribution is -0.123. The highest BCUT2D eigenvalue weighted by Crippen LogP contribution is 2.07. The third-order valence-corrected chi connectivity index (χ3v) is 4.88. The van der Waals surface area contributed by atoms with Gasteiger partial charge in [0.05, 0.1) is 0 Å². The van der Waals surface area contributed by atoms with Crippen LogP contribution in [0.4, 0.5) is 0 Å². The van der Waals surface area contributed by atoms with Crippen molar-refractivity contribution in [2.24, 2.45) is 5.92 Å². The molecule has 0 aliphatic heterocycles. The molecule has 3 aromatic rings. The van der Waals surface area contributed by atoms with E-state index in [1.807, 2.05) is 39.0 Å². The van der Waals surface area contributed by atoms with Crippen LogP contribution in [-0.4, -0.2) is 38.6 Å². The minimum Gasteiger partial charge on any atom is -0.354 e. The van der Waals surface area contributed by atoms with Crippen LogP contribution in [0.25, 0.3) is 5.65 Å². The van der Waals surface area contributed by atoms with Crippen molar-refractivity contribution in [1.29, 1.82) is 0 Å². The van der Waals surface area contributed by atoms with Gasteiger partial charge in [0.1, 0.15) is 6.04 Å². The highest BCUT2D eigenvalue weighted by molar-refractivity contribution is 5.97. The number of hydrogen-bond donors (Lipinski definition) is 2. The van der Waals surface area contributed by atoms with Crippen LogP contribution in [0.1, 0.15) is 36.2 Å². The van der Waals surface area contributed by atoms with Crippen molar-refractivity contribution in [3.8, 4) is 0 Å². The Bertz CT molecular complexity index is 1080. The van der Waals surface area contributed by atoms with E-state index in [0.29, 0.717) is 30.7 Å². The molecule has 8 nitrogen and oxygen atoms in total. The van der Waals surface area contributed by atoms with Crippen molar-refractivity contribution in [3.63, 3.8) is 0 Å². The SMILES string of the molecule is Cc1ccc(C(=O)NC(C(=O)NCCCn2nc3ccccn3c2=O)C(C)C)cc1. The highest BCUT2D eigenvalue weighted by Gasteiger charge is 2.24. The smallest absolute Gasteiger partial charge is 0.350 e. The fourth-order valence-corrected chi connectivity index (χ4v) is 3.13. The van der Waals surface area contributed by atoms with E-state index >= 15 is 0 Å². The minimum absolute atomic E-state index is 0.0690. The number of carbonyl (C=O) groups excluding carboxylic acids is 2. The molecule has 0 aliphatic carbocycles. The summed E-state index contributed by atoms with van der Waals surface area (Å²) < 4.78 is 2.87.